The van der Waals surface area contributed by atoms with Crippen LogP contribution in [0.4, 0.5) is 0 Å². The molecule has 6 heteroatoms. The molecule has 0 saturated carbocycles. The molecule has 0 aliphatic carbocycles. The fourth-order valence-corrected chi connectivity index (χ4v) is 2.55. The maximum atomic E-state index is 12.1. The van der Waals surface area contributed by atoms with Crippen LogP contribution in [0.25, 0.3) is 0 Å². The molecule has 0 spiro atoms. The second-order valence-corrected chi connectivity index (χ2v) is 6.58. The minimum absolute atomic E-state index is 0.0586. The Morgan fingerprint density at radius 1 is 1.47 bits per heavy atom. The van der Waals surface area contributed by atoms with E-state index >= 15 is 0 Å². The average molecular weight is 260 g/mol. The van der Waals surface area contributed by atoms with Gasteiger partial charge in [0.1, 0.15) is 5.54 Å². The molecular weight excluding hydrogens is 240 g/mol. The maximum Gasteiger partial charge on any atom is 0.248 e. The number of carbonyl (C=O) groups is 2. The molecule has 0 aromatic rings. The van der Waals surface area contributed by atoms with Gasteiger partial charge in [0.05, 0.1) is 6.54 Å². The molecular formula is C11H20N2O3S. The highest BCUT2D eigenvalue weighted by molar-refractivity contribution is 7.84. The standard InChI is InChI=1S/C11H20N2O3S/c1-8(5-6-17(4)16)13-7-9(14)12-11(2,3)10(13)15/h8H,5-7H2,1-4H3,(H,12,14). The van der Waals surface area contributed by atoms with Crippen molar-refractivity contribution in [2.75, 3.05) is 18.6 Å². The van der Waals surface area contributed by atoms with Gasteiger partial charge in [0.25, 0.3) is 0 Å². The summed E-state index contributed by atoms with van der Waals surface area (Å²) in [5.41, 5.74) is -0.838. The zero-order valence-corrected chi connectivity index (χ0v) is 11.6. The third-order valence-corrected chi connectivity index (χ3v) is 3.73. The first-order valence-corrected chi connectivity index (χ1v) is 7.39. The van der Waals surface area contributed by atoms with Gasteiger partial charge in [-0.25, -0.2) is 0 Å². The zero-order valence-electron chi connectivity index (χ0n) is 10.8. The molecule has 17 heavy (non-hydrogen) atoms. The summed E-state index contributed by atoms with van der Waals surface area (Å²) in [6.45, 7) is 5.38. The van der Waals surface area contributed by atoms with Gasteiger partial charge in [0.2, 0.25) is 11.8 Å². The Labute approximate surface area is 104 Å². The molecule has 0 radical (unpaired) electrons. The molecule has 1 aliphatic rings. The topological polar surface area (TPSA) is 66.5 Å². The van der Waals surface area contributed by atoms with Crippen LogP contribution in [0, 0.1) is 0 Å². The van der Waals surface area contributed by atoms with Gasteiger partial charge < -0.3 is 10.2 Å². The SMILES string of the molecule is CC(CCS(C)=O)N1CC(=O)NC(C)(C)C1=O. The van der Waals surface area contributed by atoms with Crippen molar-refractivity contribution < 1.29 is 13.8 Å². The molecule has 1 fully saturated rings. The smallest absolute Gasteiger partial charge is 0.248 e. The predicted molar refractivity (Wildman–Crippen MR) is 66.9 cm³/mol. The second-order valence-electron chi connectivity index (χ2n) is 5.02. The first kappa shape index (κ1) is 14.2. The fourth-order valence-electron chi connectivity index (χ4n) is 1.88. The Hall–Kier alpha value is -0.910. The van der Waals surface area contributed by atoms with Crippen LogP contribution in [0.15, 0.2) is 0 Å². The van der Waals surface area contributed by atoms with E-state index in [-0.39, 0.29) is 24.4 Å². The van der Waals surface area contributed by atoms with Gasteiger partial charge in [0.15, 0.2) is 0 Å². The average Bonchev–Trinajstić information content (AvgIpc) is 2.19. The summed E-state index contributed by atoms with van der Waals surface area (Å²) in [6, 6.07) is -0.0586. The van der Waals surface area contributed by atoms with Crippen molar-refractivity contribution in [1.82, 2.24) is 10.2 Å². The molecule has 0 aromatic carbocycles. The number of amides is 2. The minimum Gasteiger partial charge on any atom is -0.341 e. The highest BCUT2D eigenvalue weighted by Gasteiger charge is 2.40. The molecule has 0 bridgehead atoms. The van der Waals surface area contributed by atoms with Crippen LogP contribution in [0.5, 0.6) is 0 Å². The van der Waals surface area contributed by atoms with E-state index in [2.05, 4.69) is 5.32 Å². The lowest BCUT2D eigenvalue weighted by Crippen LogP contribution is -2.65. The van der Waals surface area contributed by atoms with E-state index in [0.717, 1.165) is 0 Å². The molecule has 0 aromatic heterocycles. The molecule has 98 valence electrons. The van der Waals surface area contributed by atoms with Gasteiger partial charge in [-0.05, 0) is 27.2 Å². The van der Waals surface area contributed by atoms with Crippen molar-refractivity contribution >= 4 is 22.6 Å². The van der Waals surface area contributed by atoms with Crippen LogP contribution >= 0.6 is 0 Å². The summed E-state index contributed by atoms with van der Waals surface area (Å²) in [5.74, 6) is 0.332. The van der Waals surface area contributed by atoms with Crippen molar-refractivity contribution in [2.24, 2.45) is 0 Å². The van der Waals surface area contributed by atoms with Gasteiger partial charge in [0, 0.05) is 28.9 Å². The van der Waals surface area contributed by atoms with E-state index in [4.69, 9.17) is 0 Å². The Morgan fingerprint density at radius 3 is 2.59 bits per heavy atom. The number of hydrogen-bond donors (Lipinski definition) is 1. The number of nitrogens with zero attached hydrogens (tertiary/aromatic N) is 1. The van der Waals surface area contributed by atoms with Gasteiger partial charge in [-0.3, -0.25) is 13.8 Å². The third-order valence-electron chi connectivity index (χ3n) is 2.92. The summed E-state index contributed by atoms with van der Waals surface area (Å²) in [7, 11) is -0.868. The first-order chi connectivity index (χ1) is 7.74. The number of piperazine rings is 1. The molecule has 2 amide bonds. The number of carbonyl (C=O) groups excluding carboxylic acids is 2. The van der Waals surface area contributed by atoms with Crippen molar-refractivity contribution in [1.29, 1.82) is 0 Å². The molecule has 1 aliphatic heterocycles. The van der Waals surface area contributed by atoms with E-state index in [1.807, 2.05) is 6.92 Å². The van der Waals surface area contributed by atoms with E-state index in [0.29, 0.717) is 12.2 Å². The van der Waals surface area contributed by atoms with Crippen LogP contribution < -0.4 is 5.32 Å². The van der Waals surface area contributed by atoms with Crippen LogP contribution in [0.3, 0.4) is 0 Å². The quantitative estimate of drug-likeness (QED) is 0.766. The van der Waals surface area contributed by atoms with Gasteiger partial charge in [-0.2, -0.15) is 0 Å². The maximum absolute atomic E-state index is 12.1. The van der Waals surface area contributed by atoms with Gasteiger partial charge in [-0.15, -0.1) is 0 Å². The normalized spacial score (nSPS) is 23.2. The Bertz CT molecular complexity index is 355. The zero-order chi connectivity index (χ0) is 13.2. The molecule has 1 rings (SSSR count). The molecule has 1 saturated heterocycles. The van der Waals surface area contributed by atoms with Gasteiger partial charge in [-0.1, -0.05) is 0 Å². The van der Waals surface area contributed by atoms with Crippen LogP contribution in [-0.4, -0.2) is 51.1 Å². The summed E-state index contributed by atoms with van der Waals surface area (Å²) in [5, 5.41) is 2.66. The lowest BCUT2D eigenvalue weighted by atomic mass is 9.98. The Morgan fingerprint density at radius 2 is 2.06 bits per heavy atom. The van der Waals surface area contributed by atoms with E-state index in [1.165, 1.54) is 0 Å². The summed E-state index contributed by atoms with van der Waals surface area (Å²) >= 11 is 0. The molecule has 5 nitrogen and oxygen atoms in total. The summed E-state index contributed by atoms with van der Waals surface area (Å²) in [4.78, 5) is 25.2. The Balaban J connectivity index is 2.71. The second kappa shape index (κ2) is 5.16. The van der Waals surface area contributed by atoms with Crippen molar-refractivity contribution in [2.45, 2.75) is 38.8 Å². The van der Waals surface area contributed by atoms with Crippen molar-refractivity contribution in [3.05, 3.63) is 0 Å². The molecule has 2 unspecified atom stereocenters. The third kappa shape index (κ3) is 3.52. The van der Waals surface area contributed by atoms with Crippen LogP contribution in [0.1, 0.15) is 27.2 Å². The van der Waals surface area contributed by atoms with Crippen LogP contribution in [-0.2, 0) is 20.4 Å². The molecule has 1 N–H and O–H groups in total. The largest absolute Gasteiger partial charge is 0.341 e. The lowest BCUT2D eigenvalue weighted by Gasteiger charge is -2.40. The van der Waals surface area contributed by atoms with Crippen molar-refractivity contribution in [3.63, 3.8) is 0 Å². The Kier molecular flexibility index (Phi) is 4.30. The minimum atomic E-state index is -0.868. The summed E-state index contributed by atoms with van der Waals surface area (Å²) < 4.78 is 11.0. The monoisotopic (exact) mass is 260 g/mol. The van der Waals surface area contributed by atoms with Crippen LogP contribution in [0.2, 0.25) is 0 Å². The summed E-state index contributed by atoms with van der Waals surface area (Å²) in [6.07, 6.45) is 2.29. The predicted octanol–water partition coefficient (Wildman–Crippen LogP) is -0.119. The molecule has 2 atom stereocenters. The first-order valence-electron chi connectivity index (χ1n) is 5.66. The highest BCUT2D eigenvalue weighted by atomic mass is 32.2. The number of hydrogen-bond acceptors (Lipinski definition) is 3. The van der Waals surface area contributed by atoms with Gasteiger partial charge >= 0.3 is 0 Å². The highest BCUT2D eigenvalue weighted by Crippen LogP contribution is 2.17. The fraction of sp³-hybridized carbons (Fsp3) is 0.818. The van der Waals surface area contributed by atoms with E-state index in [9.17, 15) is 13.8 Å². The van der Waals surface area contributed by atoms with E-state index < -0.39 is 16.3 Å². The van der Waals surface area contributed by atoms with E-state index in [1.54, 1.807) is 25.0 Å². The lowest BCUT2D eigenvalue weighted by molar-refractivity contribution is -0.150. The number of rotatable bonds is 4. The molecule has 1 heterocycles. The van der Waals surface area contributed by atoms with Crippen molar-refractivity contribution in [3.8, 4) is 0 Å². The number of nitrogens with one attached hydrogen (secondary N) is 1.